The van der Waals surface area contributed by atoms with Crippen molar-refractivity contribution in [2.75, 3.05) is 31.6 Å². The van der Waals surface area contributed by atoms with Gasteiger partial charge in [-0.15, -0.1) is 0 Å². The predicted octanol–water partition coefficient (Wildman–Crippen LogP) is 3.55. The highest BCUT2D eigenvalue weighted by atomic mass is 32.2. The maximum Gasteiger partial charge on any atom is 0.274 e. The quantitative estimate of drug-likeness (QED) is 0.434. The summed E-state index contributed by atoms with van der Waals surface area (Å²) in [7, 11) is -3.93. The lowest BCUT2D eigenvalue weighted by Crippen LogP contribution is -2.41. The molecule has 10 heteroatoms. The van der Waals surface area contributed by atoms with Gasteiger partial charge in [0, 0.05) is 29.8 Å². The Balaban J connectivity index is 1.53. The summed E-state index contributed by atoms with van der Waals surface area (Å²) in [6, 6.07) is 22.8. The summed E-state index contributed by atoms with van der Waals surface area (Å²) < 4.78 is 34.5. The van der Waals surface area contributed by atoms with E-state index in [1.807, 2.05) is 30.3 Å². The van der Waals surface area contributed by atoms with E-state index in [-0.39, 0.29) is 22.2 Å². The first-order valence-electron chi connectivity index (χ1n) is 12.2. The molecule has 2 aliphatic rings. The van der Waals surface area contributed by atoms with Crippen LogP contribution < -0.4 is 5.32 Å². The number of hydrogen-bond donors (Lipinski definition) is 1. The van der Waals surface area contributed by atoms with Gasteiger partial charge < -0.3 is 15.0 Å². The van der Waals surface area contributed by atoms with Gasteiger partial charge in [0.1, 0.15) is 4.90 Å². The Bertz CT molecular complexity index is 1640. The number of amides is 2. The van der Waals surface area contributed by atoms with E-state index in [0.717, 1.165) is 0 Å². The first-order chi connectivity index (χ1) is 18.4. The molecule has 0 saturated carbocycles. The second kappa shape index (κ2) is 9.55. The number of carbonyl (C=O) groups is 2. The van der Waals surface area contributed by atoms with Gasteiger partial charge in [0.05, 0.1) is 36.0 Å². The minimum atomic E-state index is -3.93. The van der Waals surface area contributed by atoms with Crippen LogP contribution in [0.25, 0.3) is 16.9 Å². The topological polar surface area (TPSA) is 111 Å². The maximum atomic E-state index is 13.7. The van der Waals surface area contributed by atoms with Gasteiger partial charge in [0.15, 0.2) is 15.5 Å². The molecule has 192 valence electrons. The van der Waals surface area contributed by atoms with Crippen LogP contribution in [-0.2, 0) is 20.3 Å². The molecule has 3 heterocycles. The van der Waals surface area contributed by atoms with Gasteiger partial charge in [0.25, 0.3) is 11.8 Å². The molecule has 0 atom stereocenters. The van der Waals surface area contributed by atoms with Gasteiger partial charge in [-0.25, -0.2) is 13.1 Å². The van der Waals surface area contributed by atoms with Crippen LogP contribution in [0.15, 0.2) is 83.8 Å². The molecule has 1 fully saturated rings. The molecule has 0 aliphatic carbocycles. The lowest BCUT2D eigenvalue weighted by molar-refractivity contribution is 0.0298. The van der Waals surface area contributed by atoms with E-state index in [1.165, 1.54) is 0 Å². The van der Waals surface area contributed by atoms with Crippen molar-refractivity contribution in [2.45, 2.75) is 10.6 Å². The van der Waals surface area contributed by atoms with E-state index in [1.54, 1.807) is 58.1 Å². The van der Waals surface area contributed by atoms with Crippen LogP contribution in [0, 0.1) is 0 Å². The zero-order valence-corrected chi connectivity index (χ0v) is 21.1. The Kier molecular flexibility index (Phi) is 6.05. The molecular weight excluding hydrogens is 504 g/mol. The van der Waals surface area contributed by atoms with Crippen LogP contribution in [0.3, 0.4) is 0 Å². The third-order valence-corrected chi connectivity index (χ3v) is 8.42. The number of carbonyl (C=O) groups excluding carboxylic acids is 2. The zero-order chi connectivity index (χ0) is 26.3. The Labute approximate surface area is 219 Å². The second-order valence-corrected chi connectivity index (χ2v) is 11.0. The van der Waals surface area contributed by atoms with E-state index in [9.17, 15) is 18.0 Å². The van der Waals surface area contributed by atoms with Crippen LogP contribution >= 0.6 is 0 Å². The molecule has 0 radical (unpaired) electrons. The van der Waals surface area contributed by atoms with Crippen molar-refractivity contribution in [1.82, 2.24) is 14.7 Å². The molecule has 1 aromatic heterocycles. The number of morpholine rings is 1. The van der Waals surface area contributed by atoms with Crippen molar-refractivity contribution in [1.29, 1.82) is 0 Å². The fourth-order valence-electron chi connectivity index (χ4n) is 4.91. The van der Waals surface area contributed by atoms with Crippen LogP contribution in [0.2, 0.25) is 0 Å². The largest absolute Gasteiger partial charge is 0.378 e. The number of nitrogens with one attached hydrogen (secondary N) is 1. The molecule has 0 bridgehead atoms. The summed E-state index contributed by atoms with van der Waals surface area (Å²) >= 11 is 0. The monoisotopic (exact) mass is 528 g/mol. The maximum absolute atomic E-state index is 13.7. The number of rotatable bonds is 4. The molecule has 4 aromatic rings. The summed E-state index contributed by atoms with van der Waals surface area (Å²) in [6.45, 7) is 1.65. The number of hydrogen-bond acceptors (Lipinski definition) is 6. The van der Waals surface area contributed by atoms with Crippen molar-refractivity contribution >= 4 is 27.3 Å². The molecular formula is C28H24N4O5S. The summed E-state index contributed by atoms with van der Waals surface area (Å²) in [5.41, 5.74) is 2.65. The molecule has 9 nitrogen and oxygen atoms in total. The van der Waals surface area contributed by atoms with Gasteiger partial charge in [0.2, 0.25) is 0 Å². The van der Waals surface area contributed by atoms with Crippen molar-refractivity contribution in [3.63, 3.8) is 0 Å². The lowest BCUT2D eigenvalue weighted by atomic mass is 10.0. The molecule has 2 aliphatic heterocycles. The van der Waals surface area contributed by atoms with Gasteiger partial charge in [-0.3, -0.25) is 9.59 Å². The van der Waals surface area contributed by atoms with E-state index >= 15 is 0 Å². The normalized spacial score (nSPS) is 15.8. The third kappa shape index (κ3) is 4.17. The molecule has 1 saturated heterocycles. The average Bonchev–Trinajstić information content (AvgIpc) is 3.32. The van der Waals surface area contributed by atoms with E-state index in [4.69, 9.17) is 4.74 Å². The Morgan fingerprint density at radius 2 is 1.55 bits per heavy atom. The van der Waals surface area contributed by atoms with Crippen molar-refractivity contribution < 1.29 is 22.7 Å². The smallest absolute Gasteiger partial charge is 0.274 e. The molecule has 3 aromatic carbocycles. The van der Waals surface area contributed by atoms with Gasteiger partial charge >= 0.3 is 0 Å². The second-order valence-electron chi connectivity index (χ2n) is 9.09. The number of sulfone groups is 1. The van der Waals surface area contributed by atoms with E-state index in [2.05, 4.69) is 10.4 Å². The minimum absolute atomic E-state index is 0.0132. The first-order valence-corrected chi connectivity index (χ1v) is 13.9. The zero-order valence-electron chi connectivity index (χ0n) is 20.3. The van der Waals surface area contributed by atoms with Crippen LogP contribution in [0.4, 0.5) is 5.69 Å². The van der Waals surface area contributed by atoms with Crippen molar-refractivity contribution in [3.05, 3.63) is 95.7 Å². The fraction of sp³-hybridized carbons (Fsp3) is 0.179. The van der Waals surface area contributed by atoms with Gasteiger partial charge in [-0.05, 0) is 30.3 Å². The minimum Gasteiger partial charge on any atom is -0.378 e. The molecule has 6 rings (SSSR count). The SMILES string of the molecule is O=C(Nc1cccc2c1S(=O)(=O)Cc1c(C(=O)N3CCOCC3)nn(-c3ccccc3)c1-2)c1ccccc1. The number of anilines is 1. The standard InChI is InChI=1S/C28H24N4O5S/c33-27(19-8-3-1-4-9-19)29-23-13-7-12-21-25-22(18-38(35,36)26(21)23)24(28(34)31-14-16-37-17-15-31)30-32(25)20-10-5-2-6-11-20/h1-13H,14-18H2,(H,29,33). The number of aromatic nitrogens is 2. The summed E-state index contributed by atoms with van der Waals surface area (Å²) in [6.07, 6.45) is 0. The van der Waals surface area contributed by atoms with Crippen molar-refractivity contribution in [2.24, 2.45) is 0 Å². The molecule has 0 unspecified atom stereocenters. The first kappa shape index (κ1) is 24.1. The summed E-state index contributed by atoms with van der Waals surface area (Å²) in [5.74, 6) is -1.16. The predicted molar refractivity (Wildman–Crippen MR) is 141 cm³/mol. The molecule has 2 amide bonds. The highest BCUT2D eigenvalue weighted by Crippen LogP contribution is 2.44. The summed E-state index contributed by atoms with van der Waals surface area (Å²) in [4.78, 5) is 28.1. The van der Waals surface area contributed by atoms with Crippen LogP contribution in [0.1, 0.15) is 26.4 Å². The third-order valence-electron chi connectivity index (χ3n) is 6.68. The molecule has 38 heavy (non-hydrogen) atoms. The van der Waals surface area contributed by atoms with Crippen LogP contribution in [0.5, 0.6) is 0 Å². The highest BCUT2D eigenvalue weighted by Gasteiger charge is 2.39. The Morgan fingerprint density at radius 3 is 2.26 bits per heavy atom. The Morgan fingerprint density at radius 1 is 0.868 bits per heavy atom. The lowest BCUT2D eigenvalue weighted by Gasteiger charge is -2.27. The van der Waals surface area contributed by atoms with E-state index < -0.39 is 21.5 Å². The fourth-order valence-corrected chi connectivity index (χ4v) is 6.66. The number of fused-ring (bicyclic) bond motifs is 3. The van der Waals surface area contributed by atoms with Crippen molar-refractivity contribution in [3.8, 4) is 16.9 Å². The highest BCUT2D eigenvalue weighted by molar-refractivity contribution is 7.91. The Hall–Kier alpha value is -4.28. The van der Waals surface area contributed by atoms with E-state index in [0.29, 0.717) is 54.4 Å². The van der Waals surface area contributed by atoms with Gasteiger partial charge in [-0.2, -0.15) is 5.10 Å². The number of nitrogens with zero attached hydrogens (tertiary/aromatic N) is 3. The molecule has 1 N–H and O–H groups in total. The van der Waals surface area contributed by atoms with Crippen LogP contribution in [-0.4, -0.2) is 61.2 Å². The van der Waals surface area contributed by atoms with Gasteiger partial charge in [-0.1, -0.05) is 48.5 Å². The number of ether oxygens (including phenoxy) is 1. The number of benzene rings is 3. The average molecular weight is 529 g/mol. The summed E-state index contributed by atoms with van der Waals surface area (Å²) in [5, 5.41) is 7.45. The number of para-hydroxylation sites is 1. The molecule has 0 spiro atoms.